The maximum atomic E-state index is 13.0. The lowest BCUT2D eigenvalue weighted by molar-refractivity contribution is 0.299. The lowest BCUT2D eigenvalue weighted by Crippen LogP contribution is -2.03. The van der Waals surface area contributed by atoms with E-state index in [1.807, 2.05) is 12.1 Å². The number of methoxy groups -OCH3 is 1. The van der Waals surface area contributed by atoms with Gasteiger partial charge in [-0.1, -0.05) is 6.07 Å². The number of aromatic nitrogens is 1. The summed E-state index contributed by atoms with van der Waals surface area (Å²) in [6.45, 7) is 0.589. The zero-order chi connectivity index (χ0) is 13.7. The molecular weight excluding hydrogens is 247 g/mol. The summed E-state index contributed by atoms with van der Waals surface area (Å²) in [7, 11) is 1.58. The predicted octanol–water partition coefficient (Wildman–Crippen LogP) is 2.27. The fourth-order valence-electron chi connectivity index (χ4n) is 1.66. The number of rotatable bonds is 5. The molecule has 0 bridgehead atoms. The number of ether oxygens (including phenoxy) is 2. The van der Waals surface area contributed by atoms with Crippen LogP contribution < -0.4 is 15.2 Å². The van der Waals surface area contributed by atoms with Crippen LogP contribution in [-0.4, -0.2) is 12.1 Å². The highest BCUT2D eigenvalue weighted by molar-refractivity contribution is 5.40. The van der Waals surface area contributed by atoms with Crippen molar-refractivity contribution in [1.29, 1.82) is 0 Å². The van der Waals surface area contributed by atoms with Crippen molar-refractivity contribution in [2.45, 2.75) is 13.2 Å². The van der Waals surface area contributed by atoms with Gasteiger partial charge in [-0.05, 0) is 12.1 Å². The molecule has 1 heterocycles. The summed E-state index contributed by atoms with van der Waals surface area (Å²) in [6.07, 6.45) is 2.71. The number of hydrogen-bond acceptors (Lipinski definition) is 4. The number of hydrogen-bond donors (Lipinski definition) is 1. The molecule has 19 heavy (non-hydrogen) atoms. The normalized spacial score (nSPS) is 10.3. The summed E-state index contributed by atoms with van der Waals surface area (Å²) in [5.74, 6) is 0.932. The second-order valence-electron chi connectivity index (χ2n) is 3.98. The van der Waals surface area contributed by atoms with Crippen LogP contribution in [0.5, 0.6) is 11.5 Å². The minimum Gasteiger partial charge on any atom is -0.497 e. The molecule has 100 valence electrons. The van der Waals surface area contributed by atoms with Crippen molar-refractivity contribution in [2.24, 2.45) is 5.73 Å². The molecule has 0 amide bonds. The quantitative estimate of drug-likeness (QED) is 0.898. The van der Waals surface area contributed by atoms with Crippen molar-refractivity contribution in [2.75, 3.05) is 7.11 Å². The van der Waals surface area contributed by atoms with Crippen molar-refractivity contribution in [3.63, 3.8) is 0 Å². The van der Waals surface area contributed by atoms with Crippen LogP contribution in [0.1, 0.15) is 11.1 Å². The van der Waals surface area contributed by atoms with Gasteiger partial charge in [0.05, 0.1) is 13.3 Å². The Hall–Kier alpha value is -2.14. The van der Waals surface area contributed by atoms with E-state index >= 15 is 0 Å². The Labute approximate surface area is 111 Å². The van der Waals surface area contributed by atoms with Crippen molar-refractivity contribution >= 4 is 0 Å². The predicted molar refractivity (Wildman–Crippen MR) is 69.4 cm³/mol. The maximum Gasteiger partial charge on any atom is 0.141 e. The molecule has 0 saturated heterocycles. The standard InChI is InChI=1S/C14H15FN2O2/c1-18-13-3-2-11(6-16)14(5-13)19-9-10-4-12(15)8-17-7-10/h2-5,7-8H,6,9,16H2,1H3. The van der Waals surface area contributed by atoms with Gasteiger partial charge in [-0.25, -0.2) is 4.39 Å². The topological polar surface area (TPSA) is 57.4 Å². The molecule has 1 aromatic carbocycles. The molecule has 0 spiro atoms. The fourth-order valence-corrected chi connectivity index (χ4v) is 1.66. The summed E-state index contributed by atoms with van der Waals surface area (Å²) in [6, 6.07) is 6.81. The summed E-state index contributed by atoms with van der Waals surface area (Å²) in [4.78, 5) is 3.77. The summed E-state index contributed by atoms with van der Waals surface area (Å²) in [5.41, 5.74) is 7.17. The minimum atomic E-state index is -0.384. The van der Waals surface area contributed by atoms with E-state index in [1.54, 1.807) is 19.4 Å². The van der Waals surface area contributed by atoms with Gasteiger partial charge in [0.15, 0.2) is 0 Å². The van der Waals surface area contributed by atoms with E-state index in [2.05, 4.69) is 4.98 Å². The van der Waals surface area contributed by atoms with E-state index in [0.29, 0.717) is 23.6 Å². The van der Waals surface area contributed by atoms with Crippen LogP contribution in [0.15, 0.2) is 36.7 Å². The molecule has 0 radical (unpaired) electrons. The van der Waals surface area contributed by atoms with E-state index in [4.69, 9.17) is 15.2 Å². The van der Waals surface area contributed by atoms with Crippen LogP contribution in [0.3, 0.4) is 0 Å². The Morgan fingerprint density at radius 2 is 2.11 bits per heavy atom. The van der Waals surface area contributed by atoms with Gasteiger partial charge in [0.25, 0.3) is 0 Å². The van der Waals surface area contributed by atoms with Gasteiger partial charge in [0, 0.05) is 29.9 Å². The molecule has 2 N–H and O–H groups in total. The van der Waals surface area contributed by atoms with Gasteiger partial charge in [0.1, 0.15) is 23.9 Å². The van der Waals surface area contributed by atoms with Crippen LogP contribution in [0.2, 0.25) is 0 Å². The summed E-state index contributed by atoms with van der Waals surface area (Å²) < 4.78 is 23.8. The summed E-state index contributed by atoms with van der Waals surface area (Å²) in [5, 5.41) is 0. The largest absolute Gasteiger partial charge is 0.497 e. The van der Waals surface area contributed by atoms with Crippen molar-refractivity contribution in [3.05, 3.63) is 53.6 Å². The molecule has 2 rings (SSSR count). The highest BCUT2D eigenvalue weighted by Crippen LogP contribution is 2.25. The Bertz CT molecular complexity index is 561. The molecule has 4 nitrogen and oxygen atoms in total. The molecule has 1 aromatic heterocycles. The van der Waals surface area contributed by atoms with Gasteiger partial charge < -0.3 is 15.2 Å². The highest BCUT2D eigenvalue weighted by atomic mass is 19.1. The van der Waals surface area contributed by atoms with Crippen molar-refractivity contribution in [3.8, 4) is 11.5 Å². The average molecular weight is 262 g/mol. The molecular formula is C14H15FN2O2. The average Bonchev–Trinajstić information content (AvgIpc) is 2.45. The van der Waals surface area contributed by atoms with E-state index in [1.165, 1.54) is 6.07 Å². The molecule has 0 atom stereocenters. The number of pyridine rings is 1. The first-order valence-corrected chi connectivity index (χ1v) is 5.82. The molecule has 0 aliphatic heterocycles. The zero-order valence-electron chi connectivity index (χ0n) is 10.6. The maximum absolute atomic E-state index is 13.0. The van der Waals surface area contributed by atoms with Gasteiger partial charge in [-0.15, -0.1) is 0 Å². The molecule has 0 aliphatic rings. The van der Waals surface area contributed by atoms with Gasteiger partial charge in [-0.3, -0.25) is 4.98 Å². The first kappa shape index (κ1) is 13.3. The highest BCUT2D eigenvalue weighted by Gasteiger charge is 2.05. The zero-order valence-corrected chi connectivity index (χ0v) is 10.6. The fraction of sp³-hybridized carbons (Fsp3) is 0.214. The van der Waals surface area contributed by atoms with Gasteiger partial charge >= 0.3 is 0 Å². The van der Waals surface area contributed by atoms with Crippen LogP contribution in [-0.2, 0) is 13.2 Å². The lowest BCUT2D eigenvalue weighted by Gasteiger charge is -2.12. The number of benzene rings is 1. The van der Waals surface area contributed by atoms with E-state index in [0.717, 1.165) is 11.8 Å². The van der Waals surface area contributed by atoms with Crippen molar-refractivity contribution < 1.29 is 13.9 Å². The van der Waals surface area contributed by atoms with Crippen LogP contribution in [0, 0.1) is 5.82 Å². The Balaban J connectivity index is 2.14. The van der Waals surface area contributed by atoms with E-state index in [9.17, 15) is 4.39 Å². The van der Waals surface area contributed by atoms with Crippen LogP contribution in [0.25, 0.3) is 0 Å². The SMILES string of the molecule is COc1ccc(CN)c(OCc2cncc(F)c2)c1. The molecule has 2 aromatic rings. The molecule has 0 saturated carbocycles. The minimum absolute atomic E-state index is 0.227. The van der Waals surface area contributed by atoms with E-state index in [-0.39, 0.29) is 12.4 Å². The number of halogens is 1. The first-order valence-electron chi connectivity index (χ1n) is 5.82. The molecule has 5 heteroatoms. The van der Waals surface area contributed by atoms with Gasteiger partial charge in [-0.2, -0.15) is 0 Å². The number of nitrogens with two attached hydrogens (primary N) is 1. The Morgan fingerprint density at radius 1 is 1.26 bits per heavy atom. The smallest absolute Gasteiger partial charge is 0.141 e. The lowest BCUT2D eigenvalue weighted by atomic mass is 10.2. The first-order chi connectivity index (χ1) is 9.22. The second kappa shape index (κ2) is 6.15. The second-order valence-corrected chi connectivity index (χ2v) is 3.98. The van der Waals surface area contributed by atoms with Crippen LogP contribution in [0.4, 0.5) is 4.39 Å². The third-order valence-electron chi connectivity index (χ3n) is 2.65. The van der Waals surface area contributed by atoms with Crippen molar-refractivity contribution in [1.82, 2.24) is 4.98 Å². The third-order valence-corrected chi connectivity index (χ3v) is 2.65. The third kappa shape index (κ3) is 3.42. The summed E-state index contributed by atoms with van der Waals surface area (Å²) >= 11 is 0. The molecule has 0 aliphatic carbocycles. The monoisotopic (exact) mass is 262 g/mol. The molecule has 0 fully saturated rings. The Morgan fingerprint density at radius 3 is 2.79 bits per heavy atom. The molecule has 0 unspecified atom stereocenters. The van der Waals surface area contributed by atoms with Crippen LogP contribution >= 0.6 is 0 Å². The number of nitrogens with zero attached hydrogens (tertiary/aromatic N) is 1. The van der Waals surface area contributed by atoms with Gasteiger partial charge in [0.2, 0.25) is 0 Å². The van der Waals surface area contributed by atoms with E-state index < -0.39 is 0 Å². The Kier molecular flexibility index (Phi) is 4.30.